The van der Waals surface area contributed by atoms with Crippen molar-refractivity contribution in [3.05, 3.63) is 40.8 Å². The van der Waals surface area contributed by atoms with Crippen LogP contribution in [-0.2, 0) is 4.74 Å². The van der Waals surface area contributed by atoms with Gasteiger partial charge in [-0.25, -0.2) is 19.2 Å². The highest BCUT2D eigenvalue weighted by atomic mass is 32.1. The van der Waals surface area contributed by atoms with Crippen LogP contribution in [0.5, 0.6) is 5.75 Å². The number of thiophene rings is 1. The van der Waals surface area contributed by atoms with Gasteiger partial charge in [-0.1, -0.05) is 0 Å². The van der Waals surface area contributed by atoms with E-state index in [0.717, 1.165) is 0 Å². The second kappa shape index (κ2) is 9.86. The number of anilines is 2. The van der Waals surface area contributed by atoms with Crippen molar-refractivity contribution in [3.63, 3.8) is 0 Å². The van der Waals surface area contributed by atoms with Gasteiger partial charge in [0, 0.05) is 12.5 Å². The molecule has 3 heterocycles. The summed E-state index contributed by atoms with van der Waals surface area (Å²) in [6.45, 7) is 6.96. The zero-order chi connectivity index (χ0) is 26.2. The highest BCUT2D eigenvalue weighted by molar-refractivity contribution is 7.20. The number of rotatable bonds is 6. The minimum atomic E-state index is -0.688. The van der Waals surface area contributed by atoms with Crippen LogP contribution >= 0.6 is 11.3 Å². The van der Waals surface area contributed by atoms with E-state index in [0.29, 0.717) is 38.6 Å². The van der Waals surface area contributed by atoms with Crippen LogP contribution in [0, 0.1) is 12.7 Å². The zero-order valence-electron chi connectivity index (χ0n) is 20.4. The Morgan fingerprint density at radius 1 is 1.33 bits per heavy atom. The molecule has 0 radical (unpaired) electrons. The lowest BCUT2D eigenvalue weighted by Crippen LogP contribution is -2.41. The molecule has 1 fully saturated rings. The van der Waals surface area contributed by atoms with E-state index in [-0.39, 0.29) is 18.9 Å². The van der Waals surface area contributed by atoms with Crippen molar-refractivity contribution in [2.75, 3.05) is 18.5 Å². The van der Waals surface area contributed by atoms with Crippen LogP contribution in [0.25, 0.3) is 10.2 Å². The lowest BCUT2D eigenvalue weighted by Gasteiger charge is -2.27. The zero-order valence-corrected chi connectivity index (χ0v) is 21.2. The van der Waals surface area contributed by atoms with Crippen LogP contribution in [0.15, 0.2) is 24.5 Å². The van der Waals surface area contributed by atoms with Crippen LogP contribution in [0.4, 0.5) is 20.7 Å². The minimum Gasteiger partial charge on any atom is -0.486 e. The molecule has 4 N–H and O–H groups in total. The fourth-order valence-corrected chi connectivity index (χ4v) is 5.08. The number of nitrogens with one attached hydrogen (secondary N) is 1. The van der Waals surface area contributed by atoms with Gasteiger partial charge in [-0.05, 0) is 45.4 Å². The van der Waals surface area contributed by atoms with E-state index in [2.05, 4.69) is 15.3 Å². The van der Waals surface area contributed by atoms with E-state index in [9.17, 15) is 19.1 Å². The molecule has 0 saturated carbocycles. The standard InChI is InChI=1S/C24H28FN5O5S/c1-12-18-21(27-11-28-22(18)36-19(12)20(26)32)29-16-6-5-13(25)7-17(16)34-15-8-14(10-31)30(9-15)23(33)35-24(2,3)4/h5-7,11,14-15,31H,8-10H2,1-4H3,(H2,26,32)(H,27,28,29). The molecular formula is C24H28FN5O5S. The number of aromatic nitrogens is 2. The molecular weight excluding hydrogens is 489 g/mol. The summed E-state index contributed by atoms with van der Waals surface area (Å²) in [5.74, 6) is -0.446. The summed E-state index contributed by atoms with van der Waals surface area (Å²) >= 11 is 1.17. The van der Waals surface area contributed by atoms with E-state index in [4.69, 9.17) is 15.2 Å². The number of aliphatic hydroxyl groups is 1. The number of ether oxygens (including phenoxy) is 2. The Morgan fingerprint density at radius 2 is 2.08 bits per heavy atom. The van der Waals surface area contributed by atoms with Gasteiger partial charge in [0.25, 0.3) is 5.91 Å². The molecule has 36 heavy (non-hydrogen) atoms. The Morgan fingerprint density at radius 3 is 2.75 bits per heavy atom. The number of hydrogen-bond donors (Lipinski definition) is 3. The molecule has 0 spiro atoms. The molecule has 2 atom stereocenters. The molecule has 2 aromatic heterocycles. The van der Waals surface area contributed by atoms with Gasteiger partial charge in [-0.15, -0.1) is 11.3 Å². The molecule has 10 nitrogen and oxygen atoms in total. The lowest BCUT2D eigenvalue weighted by molar-refractivity contribution is 0.0165. The number of nitrogens with two attached hydrogens (primary N) is 1. The number of halogens is 1. The van der Waals surface area contributed by atoms with Gasteiger partial charge < -0.3 is 25.6 Å². The van der Waals surface area contributed by atoms with Crippen molar-refractivity contribution in [3.8, 4) is 5.75 Å². The van der Waals surface area contributed by atoms with E-state index in [1.807, 2.05) is 0 Å². The van der Waals surface area contributed by atoms with Gasteiger partial charge in [-0.2, -0.15) is 0 Å². The predicted octanol–water partition coefficient (Wildman–Crippen LogP) is 3.73. The van der Waals surface area contributed by atoms with Crippen molar-refractivity contribution >= 4 is 45.1 Å². The molecule has 1 aromatic carbocycles. The third-order valence-electron chi connectivity index (χ3n) is 5.66. The monoisotopic (exact) mass is 517 g/mol. The molecule has 2 unspecified atom stereocenters. The van der Waals surface area contributed by atoms with Crippen LogP contribution in [-0.4, -0.2) is 62.9 Å². The Labute approximate surface area is 211 Å². The summed E-state index contributed by atoms with van der Waals surface area (Å²) in [5.41, 5.74) is 5.87. The molecule has 1 aliphatic rings. The predicted molar refractivity (Wildman–Crippen MR) is 133 cm³/mol. The van der Waals surface area contributed by atoms with E-state index >= 15 is 0 Å². The number of likely N-dealkylation sites (tertiary alicyclic amines) is 1. The molecule has 2 amide bonds. The molecule has 4 rings (SSSR count). The third-order valence-corrected chi connectivity index (χ3v) is 6.87. The van der Waals surface area contributed by atoms with Crippen molar-refractivity contribution < 1.29 is 28.6 Å². The average Bonchev–Trinajstić information content (AvgIpc) is 3.36. The van der Waals surface area contributed by atoms with Gasteiger partial charge in [0.2, 0.25) is 0 Å². The molecule has 0 aliphatic carbocycles. The molecule has 1 saturated heterocycles. The molecule has 3 aromatic rings. The number of nitrogens with zero attached hydrogens (tertiary/aromatic N) is 3. The first-order valence-electron chi connectivity index (χ1n) is 11.3. The number of fused-ring (bicyclic) bond motifs is 1. The largest absolute Gasteiger partial charge is 0.486 e. The normalized spacial score (nSPS) is 17.9. The maximum absolute atomic E-state index is 14.2. The SMILES string of the molecule is Cc1c(C(N)=O)sc2ncnc(Nc3ccc(F)cc3OC3CC(CO)N(C(=O)OC(C)(C)C)C3)c12. The van der Waals surface area contributed by atoms with Crippen molar-refractivity contribution in [2.45, 2.75) is 51.9 Å². The summed E-state index contributed by atoms with van der Waals surface area (Å²) < 4.78 is 25.8. The van der Waals surface area contributed by atoms with Crippen molar-refractivity contribution in [2.24, 2.45) is 5.73 Å². The van der Waals surface area contributed by atoms with E-state index in [1.54, 1.807) is 27.7 Å². The fourth-order valence-electron chi connectivity index (χ4n) is 4.08. The Balaban J connectivity index is 1.60. The average molecular weight is 518 g/mol. The number of hydrogen-bond acceptors (Lipinski definition) is 9. The minimum absolute atomic E-state index is 0.166. The molecule has 0 bridgehead atoms. The van der Waals surface area contributed by atoms with Gasteiger partial charge in [0.15, 0.2) is 0 Å². The third kappa shape index (κ3) is 5.34. The quantitative estimate of drug-likeness (QED) is 0.449. The van der Waals surface area contributed by atoms with E-state index < -0.39 is 35.6 Å². The van der Waals surface area contributed by atoms with Crippen LogP contribution in [0.3, 0.4) is 0 Å². The van der Waals surface area contributed by atoms with Crippen LogP contribution in [0.2, 0.25) is 0 Å². The number of aryl methyl sites for hydroxylation is 1. The highest BCUT2D eigenvalue weighted by Gasteiger charge is 2.38. The van der Waals surface area contributed by atoms with Crippen LogP contribution < -0.4 is 15.8 Å². The molecule has 192 valence electrons. The Kier molecular flexibility index (Phi) is 7.01. The van der Waals surface area contributed by atoms with Gasteiger partial charge in [-0.3, -0.25) is 9.69 Å². The number of benzene rings is 1. The van der Waals surface area contributed by atoms with Gasteiger partial charge in [0.1, 0.15) is 40.2 Å². The maximum atomic E-state index is 14.2. The van der Waals surface area contributed by atoms with Gasteiger partial charge >= 0.3 is 6.09 Å². The smallest absolute Gasteiger partial charge is 0.410 e. The van der Waals surface area contributed by atoms with Crippen LogP contribution in [0.1, 0.15) is 42.4 Å². The number of aliphatic hydroxyl groups excluding tert-OH is 1. The maximum Gasteiger partial charge on any atom is 0.410 e. The first-order chi connectivity index (χ1) is 17.0. The summed E-state index contributed by atoms with van der Waals surface area (Å²) in [4.78, 5) is 35.3. The van der Waals surface area contributed by atoms with Crippen molar-refractivity contribution in [1.82, 2.24) is 14.9 Å². The summed E-state index contributed by atoms with van der Waals surface area (Å²) in [6.07, 6.45) is 0.644. The summed E-state index contributed by atoms with van der Waals surface area (Å²) in [7, 11) is 0. The highest BCUT2D eigenvalue weighted by Crippen LogP contribution is 2.37. The Bertz CT molecular complexity index is 1310. The topological polar surface area (TPSA) is 140 Å². The summed E-state index contributed by atoms with van der Waals surface area (Å²) in [6, 6.07) is 3.54. The van der Waals surface area contributed by atoms with E-state index in [1.165, 1.54) is 40.8 Å². The second-order valence-corrected chi connectivity index (χ2v) is 10.5. The number of amides is 2. The Hall–Kier alpha value is -3.51. The number of carbonyl (C=O) groups excluding carboxylic acids is 2. The first kappa shape index (κ1) is 25.6. The second-order valence-electron chi connectivity index (χ2n) is 9.53. The fraction of sp³-hybridized carbons (Fsp3) is 0.417. The van der Waals surface area contributed by atoms with Gasteiger partial charge in [0.05, 0.1) is 35.1 Å². The number of carbonyl (C=O) groups is 2. The number of primary amides is 1. The summed E-state index contributed by atoms with van der Waals surface area (Å²) in [5, 5.41) is 13.6. The molecule has 1 aliphatic heterocycles. The first-order valence-corrected chi connectivity index (χ1v) is 12.2. The molecule has 12 heteroatoms. The van der Waals surface area contributed by atoms with Crippen molar-refractivity contribution in [1.29, 1.82) is 0 Å². The lowest BCUT2D eigenvalue weighted by atomic mass is 10.2.